The number of amides is 1. The van der Waals surface area contributed by atoms with Gasteiger partial charge >= 0.3 is 0 Å². The van der Waals surface area contributed by atoms with E-state index >= 15 is 0 Å². The summed E-state index contributed by atoms with van der Waals surface area (Å²) in [5.41, 5.74) is 2.20. The second-order valence-electron chi connectivity index (χ2n) is 6.13. The van der Waals surface area contributed by atoms with Crippen molar-refractivity contribution in [3.05, 3.63) is 65.7 Å². The fourth-order valence-corrected chi connectivity index (χ4v) is 2.54. The lowest BCUT2D eigenvalue weighted by molar-refractivity contribution is -0.123. The molecule has 0 radical (unpaired) electrons. The van der Waals surface area contributed by atoms with Gasteiger partial charge in [-0.15, -0.1) is 0 Å². The van der Waals surface area contributed by atoms with Gasteiger partial charge in [0.25, 0.3) is 0 Å². The molecule has 4 heteroatoms. The quantitative estimate of drug-likeness (QED) is 0.784. The van der Waals surface area contributed by atoms with E-state index in [1.54, 1.807) is 7.11 Å². The number of ether oxygens (including phenoxy) is 1. The summed E-state index contributed by atoms with van der Waals surface area (Å²) in [4.78, 5) is 12.6. The van der Waals surface area contributed by atoms with E-state index < -0.39 is 0 Å². The Hall–Kier alpha value is -2.33. The Morgan fingerprint density at radius 1 is 1.00 bits per heavy atom. The van der Waals surface area contributed by atoms with Gasteiger partial charge in [0.1, 0.15) is 5.75 Å². The molecule has 4 nitrogen and oxygen atoms in total. The van der Waals surface area contributed by atoms with E-state index in [1.807, 2.05) is 54.6 Å². The van der Waals surface area contributed by atoms with E-state index in [1.165, 1.54) is 0 Å². The van der Waals surface area contributed by atoms with Crippen molar-refractivity contribution in [3.8, 4) is 5.75 Å². The van der Waals surface area contributed by atoms with Crippen molar-refractivity contribution in [1.29, 1.82) is 0 Å². The van der Waals surface area contributed by atoms with Gasteiger partial charge in [0.05, 0.1) is 13.2 Å². The monoisotopic (exact) mass is 326 g/mol. The summed E-state index contributed by atoms with van der Waals surface area (Å²) in [6, 6.07) is 17.8. The van der Waals surface area contributed by atoms with Gasteiger partial charge in [0.2, 0.25) is 5.91 Å². The lowest BCUT2D eigenvalue weighted by Gasteiger charge is -2.21. The first-order chi connectivity index (χ1) is 11.6. The van der Waals surface area contributed by atoms with Crippen LogP contribution in [0.25, 0.3) is 0 Å². The van der Waals surface area contributed by atoms with Crippen molar-refractivity contribution < 1.29 is 9.53 Å². The Labute approximate surface area is 144 Å². The second-order valence-corrected chi connectivity index (χ2v) is 6.13. The third kappa shape index (κ3) is 5.70. The average Bonchev–Trinajstić information content (AvgIpc) is 2.60. The number of hydrogen-bond donors (Lipinski definition) is 2. The summed E-state index contributed by atoms with van der Waals surface area (Å²) < 4.78 is 5.15. The van der Waals surface area contributed by atoms with E-state index in [0.717, 1.165) is 16.9 Å². The fourth-order valence-electron chi connectivity index (χ4n) is 2.54. The van der Waals surface area contributed by atoms with Gasteiger partial charge in [-0.2, -0.15) is 0 Å². The second kappa shape index (κ2) is 9.08. The maximum absolute atomic E-state index is 12.6. The molecule has 2 aromatic carbocycles. The van der Waals surface area contributed by atoms with Crippen LogP contribution in [0, 0.1) is 0 Å². The summed E-state index contributed by atoms with van der Waals surface area (Å²) in [6.07, 6.45) is 0.674. The molecule has 2 N–H and O–H groups in total. The molecule has 2 rings (SSSR count). The molecule has 0 saturated heterocycles. The van der Waals surface area contributed by atoms with Gasteiger partial charge < -0.3 is 15.4 Å². The maximum atomic E-state index is 12.6. The summed E-state index contributed by atoms with van der Waals surface area (Å²) in [5, 5.41) is 6.37. The molecule has 0 aromatic heterocycles. The van der Waals surface area contributed by atoms with E-state index in [-0.39, 0.29) is 18.0 Å². The van der Waals surface area contributed by atoms with Gasteiger partial charge in [-0.1, -0.05) is 56.3 Å². The molecule has 0 bridgehead atoms. The molecule has 0 aliphatic rings. The zero-order valence-electron chi connectivity index (χ0n) is 14.6. The van der Waals surface area contributed by atoms with E-state index in [4.69, 9.17) is 4.74 Å². The average molecular weight is 326 g/mol. The number of rotatable bonds is 8. The van der Waals surface area contributed by atoms with Gasteiger partial charge in [-0.25, -0.2) is 0 Å². The number of carbonyl (C=O) groups excluding carboxylic acids is 1. The molecular formula is C20H26N2O2. The maximum Gasteiger partial charge on any atom is 0.237 e. The van der Waals surface area contributed by atoms with Gasteiger partial charge in [-0.3, -0.25) is 4.79 Å². The topological polar surface area (TPSA) is 50.4 Å². The van der Waals surface area contributed by atoms with Crippen LogP contribution in [-0.4, -0.2) is 25.1 Å². The normalized spacial score (nSPS) is 12.0. The van der Waals surface area contributed by atoms with Crippen LogP contribution in [0.3, 0.4) is 0 Å². The first kappa shape index (κ1) is 18.0. The summed E-state index contributed by atoms with van der Waals surface area (Å²) >= 11 is 0. The van der Waals surface area contributed by atoms with Crippen LogP contribution in [0.15, 0.2) is 54.6 Å². The molecule has 0 heterocycles. The number of nitrogens with one attached hydrogen (secondary N) is 2. The van der Waals surface area contributed by atoms with E-state index in [2.05, 4.69) is 24.5 Å². The SMILES string of the molecule is COc1ccc(CNC(=O)[C@H](Cc2ccccc2)NC(C)C)cc1. The summed E-state index contributed by atoms with van der Waals surface area (Å²) in [7, 11) is 1.64. The highest BCUT2D eigenvalue weighted by atomic mass is 16.5. The fraction of sp³-hybridized carbons (Fsp3) is 0.350. The van der Waals surface area contributed by atoms with Gasteiger partial charge in [-0.05, 0) is 29.7 Å². The largest absolute Gasteiger partial charge is 0.497 e. The highest BCUT2D eigenvalue weighted by Crippen LogP contribution is 2.11. The van der Waals surface area contributed by atoms with Crippen LogP contribution < -0.4 is 15.4 Å². The molecule has 0 saturated carbocycles. The Kier molecular flexibility index (Phi) is 6.82. The van der Waals surface area contributed by atoms with Crippen LogP contribution in [0.2, 0.25) is 0 Å². The molecule has 1 atom stereocenters. The smallest absolute Gasteiger partial charge is 0.237 e. The molecule has 0 aliphatic carbocycles. The molecule has 0 spiro atoms. The van der Waals surface area contributed by atoms with Crippen LogP contribution in [-0.2, 0) is 17.8 Å². The number of hydrogen-bond acceptors (Lipinski definition) is 3. The number of benzene rings is 2. The predicted octanol–water partition coefficient (Wildman–Crippen LogP) is 2.92. The molecule has 0 aliphatic heterocycles. The van der Waals surface area contributed by atoms with Crippen LogP contribution in [0.1, 0.15) is 25.0 Å². The van der Waals surface area contributed by atoms with Crippen molar-refractivity contribution in [2.45, 2.75) is 38.9 Å². The third-order valence-corrected chi connectivity index (χ3v) is 3.76. The molecule has 24 heavy (non-hydrogen) atoms. The Bertz CT molecular complexity index is 624. The van der Waals surface area contributed by atoms with Crippen molar-refractivity contribution in [2.75, 3.05) is 7.11 Å². The van der Waals surface area contributed by atoms with Crippen LogP contribution >= 0.6 is 0 Å². The molecular weight excluding hydrogens is 300 g/mol. The lowest BCUT2D eigenvalue weighted by atomic mass is 10.0. The minimum Gasteiger partial charge on any atom is -0.497 e. The summed E-state index contributed by atoms with van der Waals surface area (Å²) in [6.45, 7) is 4.61. The van der Waals surface area contributed by atoms with Crippen LogP contribution in [0.5, 0.6) is 5.75 Å². The molecule has 1 amide bonds. The van der Waals surface area contributed by atoms with Crippen molar-refractivity contribution >= 4 is 5.91 Å². The Morgan fingerprint density at radius 2 is 1.67 bits per heavy atom. The number of carbonyl (C=O) groups is 1. The highest BCUT2D eigenvalue weighted by Gasteiger charge is 2.19. The Morgan fingerprint density at radius 3 is 2.25 bits per heavy atom. The van der Waals surface area contributed by atoms with Crippen molar-refractivity contribution in [3.63, 3.8) is 0 Å². The van der Waals surface area contributed by atoms with Gasteiger partial charge in [0.15, 0.2) is 0 Å². The molecule has 0 fully saturated rings. The lowest BCUT2D eigenvalue weighted by Crippen LogP contribution is -2.47. The number of methoxy groups -OCH3 is 1. The Balaban J connectivity index is 1.96. The first-order valence-electron chi connectivity index (χ1n) is 8.29. The standard InChI is InChI=1S/C20H26N2O2/c1-15(2)22-19(13-16-7-5-4-6-8-16)20(23)21-14-17-9-11-18(24-3)12-10-17/h4-12,15,19,22H,13-14H2,1-3H3,(H,21,23)/t19-/m0/s1. The molecule has 128 valence electrons. The minimum atomic E-state index is -0.245. The zero-order valence-corrected chi connectivity index (χ0v) is 14.6. The molecule has 0 unspecified atom stereocenters. The highest BCUT2D eigenvalue weighted by molar-refractivity contribution is 5.82. The molecule has 2 aromatic rings. The van der Waals surface area contributed by atoms with Crippen molar-refractivity contribution in [2.24, 2.45) is 0 Å². The van der Waals surface area contributed by atoms with Crippen molar-refractivity contribution in [1.82, 2.24) is 10.6 Å². The van der Waals surface area contributed by atoms with E-state index in [0.29, 0.717) is 13.0 Å². The van der Waals surface area contributed by atoms with E-state index in [9.17, 15) is 4.79 Å². The predicted molar refractivity (Wildman–Crippen MR) is 97.0 cm³/mol. The van der Waals surface area contributed by atoms with Crippen LogP contribution in [0.4, 0.5) is 0 Å². The summed E-state index contributed by atoms with van der Waals surface area (Å²) in [5.74, 6) is 0.830. The third-order valence-electron chi connectivity index (χ3n) is 3.76. The first-order valence-corrected chi connectivity index (χ1v) is 8.29. The van der Waals surface area contributed by atoms with Gasteiger partial charge in [0, 0.05) is 12.6 Å². The zero-order chi connectivity index (χ0) is 17.4. The minimum absolute atomic E-state index is 0.0170.